The van der Waals surface area contributed by atoms with Crippen LogP contribution >= 0.6 is 0 Å². The molecule has 8 nitrogen and oxygen atoms in total. The first kappa shape index (κ1) is 19.4. The zero-order valence-corrected chi connectivity index (χ0v) is 17.0. The standard InChI is InChI=1S/C24H19N7O/c25-22-20(24(32)27-14-16-8-2-1-3-9-16)21-23(30-19-12-5-4-11-18(19)29-21)31(22)28-15-17-10-6-7-13-26-17/h1-13,15H,14,25H2,(H,27,32). The smallest absolute Gasteiger partial charge is 0.257 e. The van der Waals surface area contributed by atoms with Gasteiger partial charge in [-0.2, -0.15) is 9.78 Å². The Balaban J connectivity index is 1.61. The molecule has 0 unspecified atom stereocenters. The first-order valence-corrected chi connectivity index (χ1v) is 10.0. The van der Waals surface area contributed by atoms with Crippen molar-refractivity contribution in [2.45, 2.75) is 6.54 Å². The Labute approximate surface area is 183 Å². The molecule has 0 radical (unpaired) electrons. The summed E-state index contributed by atoms with van der Waals surface area (Å²) in [5.41, 5.74) is 10.4. The van der Waals surface area contributed by atoms with Crippen LogP contribution in [0.4, 0.5) is 5.82 Å². The molecule has 0 atom stereocenters. The predicted octanol–water partition coefficient (Wildman–Crippen LogP) is 3.37. The summed E-state index contributed by atoms with van der Waals surface area (Å²) in [4.78, 5) is 26.7. The lowest BCUT2D eigenvalue weighted by atomic mass is 10.2. The summed E-state index contributed by atoms with van der Waals surface area (Å²) in [5.74, 6) is -0.180. The van der Waals surface area contributed by atoms with Crippen LogP contribution in [0.3, 0.4) is 0 Å². The lowest BCUT2D eigenvalue weighted by Gasteiger charge is -2.05. The van der Waals surface area contributed by atoms with Crippen molar-refractivity contribution >= 4 is 40.1 Å². The van der Waals surface area contributed by atoms with E-state index in [-0.39, 0.29) is 17.3 Å². The van der Waals surface area contributed by atoms with Gasteiger partial charge in [0.15, 0.2) is 5.65 Å². The highest BCUT2D eigenvalue weighted by molar-refractivity contribution is 6.10. The van der Waals surface area contributed by atoms with Gasteiger partial charge >= 0.3 is 0 Å². The monoisotopic (exact) mass is 421 g/mol. The number of benzene rings is 2. The number of hydrogen-bond acceptors (Lipinski definition) is 6. The van der Waals surface area contributed by atoms with Crippen molar-refractivity contribution < 1.29 is 4.79 Å². The van der Waals surface area contributed by atoms with Crippen LogP contribution in [0.15, 0.2) is 84.1 Å². The number of nitrogens with two attached hydrogens (primary N) is 1. The Morgan fingerprint density at radius 1 is 0.969 bits per heavy atom. The van der Waals surface area contributed by atoms with Crippen molar-refractivity contribution in [1.82, 2.24) is 24.9 Å². The molecule has 0 aliphatic rings. The quantitative estimate of drug-likeness (QED) is 0.423. The second kappa shape index (κ2) is 8.27. The molecule has 3 aromatic heterocycles. The maximum absolute atomic E-state index is 13.1. The Hall–Kier alpha value is -4.59. The van der Waals surface area contributed by atoms with Crippen LogP contribution in [0.25, 0.3) is 22.2 Å². The summed E-state index contributed by atoms with van der Waals surface area (Å²) < 4.78 is 1.43. The first-order valence-electron chi connectivity index (χ1n) is 10.0. The third-order valence-corrected chi connectivity index (χ3v) is 4.99. The number of pyridine rings is 1. The SMILES string of the molecule is Nc1c(C(=O)NCc2ccccc2)c2nc3ccccc3nc2n1N=Cc1ccccn1. The van der Waals surface area contributed by atoms with E-state index in [1.165, 1.54) is 4.68 Å². The van der Waals surface area contributed by atoms with Gasteiger partial charge in [-0.05, 0) is 29.8 Å². The van der Waals surface area contributed by atoms with Crippen LogP contribution in [0.5, 0.6) is 0 Å². The topological polar surface area (TPSA) is 111 Å². The highest BCUT2D eigenvalue weighted by Crippen LogP contribution is 2.27. The van der Waals surface area contributed by atoms with E-state index in [1.807, 2.05) is 72.8 Å². The minimum absolute atomic E-state index is 0.160. The van der Waals surface area contributed by atoms with E-state index in [0.29, 0.717) is 34.4 Å². The molecular weight excluding hydrogens is 402 g/mol. The van der Waals surface area contributed by atoms with Crippen molar-refractivity contribution in [1.29, 1.82) is 0 Å². The number of para-hydroxylation sites is 2. The maximum atomic E-state index is 13.1. The Morgan fingerprint density at radius 3 is 2.44 bits per heavy atom. The third kappa shape index (κ3) is 3.65. The molecule has 5 aromatic rings. The molecule has 156 valence electrons. The average Bonchev–Trinajstić information content (AvgIpc) is 3.11. The lowest BCUT2D eigenvalue weighted by molar-refractivity contribution is 0.0953. The molecule has 0 aliphatic heterocycles. The predicted molar refractivity (Wildman–Crippen MR) is 124 cm³/mol. The summed E-state index contributed by atoms with van der Waals surface area (Å²) in [6.45, 7) is 0.365. The highest BCUT2D eigenvalue weighted by atomic mass is 16.1. The van der Waals surface area contributed by atoms with Crippen molar-refractivity contribution in [2.75, 3.05) is 5.73 Å². The molecule has 0 spiro atoms. The number of aromatic nitrogens is 4. The van der Waals surface area contributed by atoms with Crippen LogP contribution in [0.1, 0.15) is 21.6 Å². The number of carbonyl (C=O) groups excluding carboxylic acids is 1. The molecule has 3 N–H and O–H groups in total. The van der Waals surface area contributed by atoms with Crippen molar-refractivity contribution in [3.8, 4) is 0 Å². The molecule has 0 fully saturated rings. The molecule has 0 bridgehead atoms. The van der Waals surface area contributed by atoms with Gasteiger partial charge in [0.25, 0.3) is 5.91 Å². The number of anilines is 1. The maximum Gasteiger partial charge on any atom is 0.257 e. The van der Waals surface area contributed by atoms with E-state index in [4.69, 9.17) is 5.73 Å². The van der Waals surface area contributed by atoms with Crippen molar-refractivity contribution in [3.05, 3.63) is 95.8 Å². The molecule has 2 aromatic carbocycles. The van der Waals surface area contributed by atoms with Crippen molar-refractivity contribution in [2.24, 2.45) is 5.10 Å². The van der Waals surface area contributed by atoms with Crippen LogP contribution in [-0.2, 0) is 6.54 Å². The fraction of sp³-hybridized carbons (Fsp3) is 0.0417. The highest BCUT2D eigenvalue weighted by Gasteiger charge is 2.24. The molecule has 3 heterocycles. The van der Waals surface area contributed by atoms with E-state index in [1.54, 1.807) is 12.4 Å². The number of fused-ring (bicyclic) bond motifs is 2. The summed E-state index contributed by atoms with van der Waals surface area (Å²) >= 11 is 0. The second-order valence-corrected chi connectivity index (χ2v) is 7.12. The van der Waals surface area contributed by atoms with E-state index >= 15 is 0 Å². The summed E-state index contributed by atoms with van der Waals surface area (Å²) in [6.07, 6.45) is 3.24. The van der Waals surface area contributed by atoms with Gasteiger partial charge in [-0.3, -0.25) is 9.78 Å². The van der Waals surface area contributed by atoms with Crippen molar-refractivity contribution in [3.63, 3.8) is 0 Å². The normalized spacial score (nSPS) is 11.4. The van der Waals surface area contributed by atoms with E-state index in [0.717, 1.165) is 5.56 Å². The van der Waals surface area contributed by atoms with Crippen LogP contribution in [0, 0.1) is 0 Å². The van der Waals surface area contributed by atoms with Gasteiger partial charge in [-0.15, -0.1) is 0 Å². The van der Waals surface area contributed by atoms with E-state index in [9.17, 15) is 4.79 Å². The minimum Gasteiger partial charge on any atom is -0.383 e. The van der Waals surface area contributed by atoms with Gasteiger partial charge in [0.1, 0.15) is 16.9 Å². The Morgan fingerprint density at radius 2 is 1.69 bits per heavy atom. The number of nitrogen functional groups attached to an aromatic ring is 1. The Kier molecular flexibility index (Phi) is 5.01. The largest absolute Gasteiger partial charge is 0.383 e. The molecular formula is C24H19N7O. The fourth-order valence-electron chi connectivity index (χ4n) is 3.42. The van der Waals surface area contributed by atoms with Gasteiger partial charge in [-0.1, -0.05) is 48.5 Å². The fourth-order valence-corrected chi connectivity index (χ4v) is 3.42. The van der Waals surface area contributed by atoms with E-state index in [2.05, 4.69) is 25.4 Å². The lowest BCUT2D eigenvalue weighted by Crippen LogP contribution is -2.23. The third-order valence-electron chi connectivity index (χ3n) is 4.99. The molecule has 0 aliphatic carbocycles. The van der Waals surface area contributed by atoms with E-state index < -0.39 is 0 Å². The number of nitrogens with zero attached hydrogens (tertiary/aromatic N) is 5. The van der Waals surface area contributed by atoms with Crippen LogP contribution in [-0.4, -0.2) is 31.7 Å². The molecule has 0 saturated carbocycles. The zero-order valence-electron chi connectivity index (χ0n) is 17.0. The molecule has 8 heteroatoms. The Bertz CT molecular complexity index is 1440. The second-order valence-electron chi connectivity index (χ2n) is 7.12. The summed E-state index contributed by atoms with van der Waals surface area (Å²) in [5, 5.41) is 7.37. The number of nitrogens with one attached hydrogen (secondary N) is 1. The van der Waals surface area contributed by atoms with Gasteiger partial charge in [0, 0.05) is 12.7 Å². The van der Waals surface area contributed by atoms with Crippen LogP contribution in [0.2, 0.25) is 0 Å². The van der Waals surface area contributed by atoms with Gasteiger partial charge < -0.3 is 11.1 Å². The molecule has 0 saturated heterocycles. The number of rotatable bonds is 5. The first-order chi connectivity index (χ1) is 15.7. The van der Waals surface area contributed by atoms with Gasteiger partial charge in [-0.25, -0.2) is 9.97 Å². The van der Waals surface area contributed by atoms with Gasteiger partial charge in [0.05, 0.1) is 22.9 Å². The number of amides is 1. The molecule has 1 amide bonds. The summed E-state index contributed by atoms with van der Waals surface area (Å²) in [6, 6.07) is 22.6. The van der Waals surface area contributed by atoms with Crippen LogP contribution < -0.4 is 11.1 Å². The molecule has 32 heavy (non-hydrogen) atoms. The van der Waals surface area contributed by atoms with Gasteiger partial charge in [0.2, 0.25) is 0 Å². The zero-order chi connectivity index (χ0) is 21.9. The average molecular weight is 421 g/mol. The summed E-state index contributed by atoms with van der Waals surface area (Å²) in [7, 11) is 0. The molecule has 5 rings (SSSR count). The number of hydrogen-bond donors (Lipinski definition) is 2. The number of carbonyl (C=O) groups is 1. The minimum atomic E-state index is -0.340.